The van der Waals surface area contributed by atoms with E-state index in [4.69, 9.17) is 11.3 Å². The Kier molecular flexibility index (Phi) is 5.31. The van der Waals surface area contributed by atoms with Gasteiger partial charge in [-0.3, -0.25) is 9.48 Å². The van der Waals surface area contributed by atoms with Crippen molar-refractivity contribution in [2.45, 2.75) is 32.7 Å². The SMILES string of the molecule is [2H]CCCCNC(=O)[C@H](C)Nc1nc2c(Br)cccc2c2nc(-c3cnn(C)c3)nn12. The maximum atomic E-state index is 12.5. The van der Waals surface area contributed by atoms with Gasteiger partial charge in [0, 0.05) is 31.0 Å². The number of carbonyl (C=O) groups excluding carboxylic acids is 1. The van der Waals surface area contributed by atoms with Gasteiger partial charge in [0.2, 0.25) is 11.9 Å². The lowest BCUT2D eigenvalue weighted by atomic mass is 10.2. The average Bonchev–Trinajstić information content (AvgIpc) is 3.38. The van der Waals surface area contributed by atoms with E-state index in [1.54, 1.807) is 22.3 Å². The second kappa shape index (κ2) is 8.39. The van der Waals surface area contributed by atoms with Crippen molar-refractivity contribution in [2.24, 2.45) is 7.05 Å². The molecule has 0 aliphatic rings. The minimum Gasteiger partial charge on any atom is -0.354 e. The Morgan fingerprint density at radius 1 is 1.37 bits per heavy atom. The summed E-state index contributed by atoms with van der Waals surface area (Å²) < 4.78 is 11.3. The summed E-state index contributed by atoms with van der Waals surface area (Å²) in [5.41, 5.74) is 2.15. The number of rotatable bonds is 7. The third kappa shape index (κ3) is 3.87. The van der Waals surface area contributed by atoms with Crippen LogP contribution in [-0.4, -0.2) is 47.9 Å². The van der Waals surface area contributed by atoms with Gasteiger partial charge in [-0.2, -0.15) is 9.61 Å². The number of nitrogens with zero attached hydrogens (tertiary/aromatic N) is 6. The Hall–Kier alpha value is -3.01. The molecule has 0 unspecified atom stereocenters. The normalized spacial score (nSPS) is 12.8. The molecule has 1 atom stereocenters. The van der Waals surface area contributed by atoms with Crippen LogP contribution in [0, 0.1) is 0 Å². The molecular formula is C20H23BrN8O. The monoisotopic (exact) mass is 471 g/mol. The molecule has 3 aromatic heterocycles. The van der Waals surface area contributed by atoms with E-state index in [1.807, 2.05) is 31.4 Å². The molecule has 0 saturated heterocycles. The predicted octanol–water partition coefficient (Wildman–Crippen LogP) is 3.16. The zero-order chi connectivity index (χ0) is 22.0. The second-order valence-corrected chi connectivity index (χ2v) is 7.86. The molecule has 0 radical (unpaired) electrons. The number of para-hydroxylation sites is 1. The van der Waals surface area contributed by atoms with Crippen molar-refractivity contribution in [1.29, 1.82) is 0 Å². The molecule has 9 nitrogen and oxygen atoms in total. The number of hydrogen-bond acceptors (Lipinski definition) is 6. The maximum Gasteiger partial charge on any atom is 0.242 e. The van der Waals surface area contributed by atoms with E-state index in [2.05, 4.69) is 36.8 Å². The van der Waals surface area contributed by atoms with Crippen LogP contribution in [0.2, 0.25) is 0 Å². The van der Waals surface area contributed by atoms with Crippen molar-refractivity contribution >= 4 is 44.3 Å². The number of carbonyl (C=O) groups is 1. The quantitative estimate of drug-likeness (QED) is 0.401. The number of unbranched alkanes of at least 4 members (excludes halogenated alkanes) is 1. The number of halogens is 1. The fourth-order valence-electron chi connectivity index (χ4n) is 3.10. The first-order valence-electron chi connectivity index (χ1n) is 10.4. The molecule has 156 valence electrons. The van der Waals surface area contributed by atoms with Crippen molar-refractivity contribution < 1.29 is 6.17 Å². The lowest BCUT2D eigenvalue weighted by Gasteiger charge is -2.15. The van der Waals surface area contributed by atoms with Crippen LogP contribution in [-0.2, 0) is 11.8 Å². The first-order chi connectivity index (χ1) is 15.0. The summed E-state index contributed by atoms with van der Waals surface area (Å²) in [4.78, 5) is 21.9. The van der Waals surface area contributed by atoms with Crippen LogP contribution >= 0.6 is 15.9 Å². The van der Waals surface area contributed by atoms with Gasteiger partial charge in [-0.25, -0.2) is 9.97 Å². The minimum absolute atomic E-state index is 0.139. The number of nitrogens with one attached hydrogen (secondary N) is 2. The number of amides is 1. The Morgan fingerprint density at radius 3 is 3.00 bits per heavy atom. The Morgan fingerprint density at radius 2 is 2.23 bits per heavy atom. The van der Waals surface area contributed by atoms with E-state index < -0.39 is 6.04 Å². The highest BCUT2D eigenvalue weighted by Gasteiger charge is 2.20. The molecule has 30 heavy (non-hydrogen) atoms. The standard InChI is InChI=1S/C20H23BrN8O/c1-4-5-9-22-19(30)12(2)24-20-25-16-14(7-6-8-15(16)21)18-26-17(27-29(18)20)13-10-23-28(3)11-13/h6-8,10-12H,4-5,9H2,1-3H3,(H,22,30)(H,24,25)/t12-/m0/s1/i1D. The summed E-state index contributed by atoms with van der Waals surface area (Å²) in [6.07, 6.45) is 5.10. The van der Waals surface area contributed by atoms with Crippen LogP contribution in [0.15, 0.2) is 35.1 Å². The molecule has 1 amide bonds. The van der Waals surface area contributed by atoms with E-state index in [0.29, 0.717) is 30.9 Å². The second-order valence-electron chi connectivity index (χ2n) is 7.01. The van der Waals surface area contributed by atoms with Crippen LogP contribution in [0.4, 0.5) is 5.95 Å². The Labute approximate surface area is 183 Å². The molecule has 0 fully saturated rings. The average molecular weight is 472 g/mol. The van der Waals surface area contributed by atoms with Gasteiger partial charge in [-0.05, 0) is 41.4 Å². The molecule has 0 bridgehead atoms. The highest BCUT2D eigenvalue weighted by Crippen LogP contribution is 2.28. The maximum absolute atomic E-state index is 12.5. The molecule has 0 saturated carbocycles. The topological polar surface area (TPSA) is 102 Å². The molecule has 2 N–H and O–H groups in total. The van der Waals surface area contributed by atoms with Crippen LogP contribution in [0.1, 0.15) is 28.0 Å². The van der Waals surface area contributed by atoms with E-state index in [-0.39, 0.29) is 5.91 Å². The van der Waals surface area contributed by atoms with E-state index in [1.165, 1.54) is 0 Å². The molecule has 0 spiro atoms. The molecule has 1 aromatic carbocycles. The van der Waals surface area contributed by atoms with Gasteiger partial charge in [-0.15, -0.1) is 5.10 Å². The highest BCUT2D eigenvalue weighted by molar-refractivity contribution is 9.10. The molecule has 4 aromatic rings. The largest absolute Gasteiger partial charge is 0.354 e. The molecule has 0 aliphatic heterocycles. The van der Waals surface area contributed by atoms with Crippen LogP contribution in [0.5, 0.6) is 0 Å². The number of aromatic nitrogens is 6. The summed E-state index contributed by atoms with van der Waals surface area (Å²) in [7, 11) is 1.84. The van der Waals surface area contributed by atoms with Gasteiger partial charge in [0.05, 0.1) is 17.3 Å². The van der Waals surface area contributed by atoms with E-state index in [0.717, 1.165) is 33.8 Å². The van der Waals surface area contributed by atoms with Gasteiger partial charge < -0.3 is 10.6 Å². The zero-order valence-corrected chi connectivity index (χ0v) is 18.3. The van der Waals surface area contributed by atoms with Gasteiger partial charge in [-0.1, -0.05) is 19.4 Å². The van der Waals surface area contributed by atoms with E-state index >= 15 is 0 Å². The summed E-state index contributed by atoms with van der Waals surface area (Å²) in [6.45, 7) is 2.68. The fourth-order valence-corrected chi connectivity index (χ4v) is 3.55. The summed E-state index contributed by atoms with van der Waals surface area (Å²) in [5, 5.41) is 15.7. The molecular weight excluding hydrogens is 448 g/mol. The molecule has 0 aliphatic carbocycles. The van der Waals surface area contributed by atoms with Crippen molar-refractivity contribution in [2.75, 3.05) is 11.9 Å². The number of hydrogen-bond donors (Lipinski definition) is 2. The smallest absolute Gasteiger partial charge is 0.242 e. The van der Waals surface area contributed by atoms with Crippen molar-refractivity contribution in [1.82, 2.24) is 34.7 Å². The predicted molar refractivity (Wildman–Crippen MR) is 119 cm³/mol. The van der Waals surface area contributed by atoms with Gasteiger partial charge in [0.25, 0.3) is 0 Å². The lowest BCUT2D eigenvalue weighted by Crippen LogP contribution is -2.38. The van der Waals surface area contributed by atoms with Crippen molar-refractivity contribution in [3.05, 3.63) is 35.1 Å². The van der Waals surface area contributed by atoms with Crippen molar-refractivity contribution in [3.8, 4) is 11.4 Å². The highest BCUT2D eigenvalue weighted by atomic mass is 79.9. The summed E-state index contributed by atoms with van der Waals surface area (Å²) in [6, 6.07) is 5.25. The van der Waals surface area contributed by atoms with E-state index in [9.17, 15) is 4.79 Å². The number of fused-ring (bicyclic) bond motifs is 3. The van der Waals surface area contributed by atoms with Gasteiger partial charge in [0.15, 0.2) is 11.5 Å². The summed E-state index contributed by atoms with van der Waals surface area (Å²) >= 11 is 3.56. The number of anilines is 1. The Balaban J connectivity index is 1.72. The first-order valence-corrected chi connectivity index (χ1v) is 10.4. The Bertz CT molecular complexity index is 1240. The van der Waals surface area contributed by atoms with Crippen LogP contribution in [0.3, 0.4) is 0 Å². The number of aryl methyl sites for hydroxylation is 1. The lowest BCUT2D eigenvalue weighted by molar-refractivity contribution is -0.121. The fraction of sp³-hybridized carbons (Fsp3) is 0.350. The van der Waals surface area contributed by atoms with Crippen LogP contribution < -0.4 is 10.6 Å². The molecule has 3 heterocycles. The zero-order valence-electron chi connectivity index (χ0n) is 17.8. The molecule has 10 heteroatoms. The van der Waals surface area contributed by atoms with Gasteiger partial charge in [0.1, 0.15) is 6.04 Å². The number of benzene rings is 1. The third-order valence-electron chi connectivity index (χ3n) is 4.68. The first kappa shape index (κ1) is 19.0. The van der Waals surface area contributed by atoms with Crippen molar-refractivity contribution in [3.63, 3.8) is 0 Å². The summed E-state index contributed by atoms with van der Waals surface area (Å²) in [5.74, 6) is 0.809. The third-order valence-corrected chi connectivity index (χ3v) is 5.32. The van der Waals surface area contributed by atoms with Crippen LogP contribution in [0.25, 0.3) is 27.9 Å². The minimum atomic E-state index is -0.530. The molecule has 4 rings (SSSR count). The van der Waals surface area contributed by atoms with Gasteiger partial charge >= 0.3 is 0 Å².